The van der Waals surface area contributed by atoms with Crippen LogP contribution in [0.1, 0.15) is 31.9 Å². The summed E-state index contributed by atoms with van der Waals surface area (Å²) in [4.78, 5) is 3.70. The Morgan fingerprint density at radius 2 is 1.73 bits per heavy atom. The van der Waals surface area contributed by atoms with Gasteiger partial charge in [0, 0.05) is 7.11 Å². The molecule has 0 aliphatic carbocycles. The van der Waals surface area contributed by atoms with Gasteiger partial charge in [-0.1, -0.05) is 55.5 Å². The molecule has 148 valence electrons. The first-order valence-electron chi connectivity index (χ1n) is 8.42. The summed E-state index contributed by atoms with van der Waals surface area (Å²) >= 11 is 0. The van der Waals surface area contributed by atoms with Crippen molar-refractivity contribution in [1.29, 1.82) is 0 Å². The molecule has 0 spiro atoms. The molecule has 0 atom stereocenters. The van der Waals surface area contributed by atoms with Crippen molar-refractivity contribution >= 4 is 6.34 Å². The van der Waals surface area contributed by atoms with Crippen molar-refractivity contribution in [3.8, 4) is 0 Å². The fourth-order valence-electron chi connectivity index (χ4n) is 1.21. The average Bonchev–Trinajstić information content (AvgIpc) is 2.65. The van der Waals surface area contributed by atoms with Gasteiger partial charge < -0.3 is 10.8 Å². The van der Waals surface area contributed by atoms with Gasteiger partial charge in [-0.15, -0.1) is 0 Å². The highest BCUT2D eigenvalue weighted by atomic mass is 19.1. The van der Waals surface area contributed by atoms with Crippen LogP contribution >= 0.6 is 0 Å². The number of nitrogens with zero attached hydrogens (tertiary/aromatic N) is 1. The van der Waals surface area contributed by atoms with Crippen LogP contribution in [0.15, 0.2) is 65.5 Å². The van der Waals surface area contributed by atoms with Gasteiger partial charge in [0.05, 0.1) is 13.0 Å². The van der Waals surface area contributed by atoms with E-state index < -0.39 is 5.83 Å². The van der Waals surface area contributed by atoms with Crippen molar-refractivity contribution < 1.29 is 9.50 Å². The summed E-state index contributed by atoms with van der Waals surface area (Å²) in [6.07, 6.45) is 6.22. The number of hydrogen-bond acceptors (Lipinski definition) is 3. The molecule has 0 unspecified atom stereocenters. The number of aliphatic hydroxyl groups is 1. The number of hydrogen-bond donors (Lipinski definition) is 3. The van der Waals surface area contributed by atoms with Gasteiger partial charge in [0.2, 0.25) is 0 Å². The van der Waals surface area contributed by atoms with Gasteiger partial charge >= 0.3 is 0 Å². The zero-order valence-corrected chi connectivity index (χ0v) is 17.1. The lowest BCUT2D eigenvalue weighted by molar-refractivity contribution is 0.399. The maximum atomic E-state index is 11.9. The predicted molar refractivity (Wildman–Crippen MR) is 114 cm³/mol. The summed E-state index contributed by atoms with van der Waals surface area (Å²) in [5.74, 6) is -0.406. The molecule has 26 heavy (non-hydrogen) atoms. The van der Waals surface area contributed by atoms with Crippen molar-refractivity contribution in [3.63, 3.8) is 0 Å². The molecule has 4 nitrogen and oxygen atoms in total. The van der Waals surface area contributed by atoms with E-state index in [4.69, 9.17) is 10.8 Å². The fourth-order valence-corrected chi connectivity index (χ4v) is 1.21. The molecule has 4 N–H and O–H groups in total. The van der Waals surface area contributed by atoms with Crippen molar-refractivity contribution in [3.05, 3.63) is 71.6 Å². The first kappa shape index (κ1) is 28.6. The number of allylic oxidation sites excluding steroid dienone is 5. The largest absolute Gasteiger partial charge is 0.400 e. The number of aryl methyl sites for hydroxylation is 2. The zero-order valence-electron chi connectivity index (χ0n) is 17.1. The summed E-state index contributed by atoms with van der Waals surface area (Å²) in [6, 6.07) is 8.36. The Hall–Kier alpha value is -2.24. The molecule has 5 heteroatoms. The van der Waals surface area contributed by atoms with Gasteiger partial charge in [-0.2, -0.15) is 0 Å². The van der Waals surface area contributed by atoms with Gasteiger partial charge in [0.15, 0.2) is 0 Å². The van der Waals surface area contributed by atoms with Crippen LogP contribution in [0.5, 0.6) is 0 Å². The summed E-state index contributed by atoms with van der Waals surface area (Å²) < 4.78 is 11.9. The second-order valence-electron chi connectivity index (χ2n) is 4.99. The van der Waals surface area contributed by atoms with Crippen LogP contribution in [0.4, 0.5) is 4.39 Å². The van der Waals surface area contributed by atoms with Crippen LogP contribution in [0, 0.1) is 13.8 Å². The van der Waals surface area contributed by atoms with Crippen molar-refractivity contribution in [2.24, 2.45) is 10.7 Å². The second kappa shape index (κ2) is 22.8. The minimum Gasteiger partial charge on any atom is -0.400 e. The Morgan fingerprint density at radius 1 is 1.23 bits per heavy atom. The summed E-state index contributed by atoms with van der Waals surface area (Å²) in [5, 5.41) is 9.97. The second-order valence-corrected chi connectivity index (χ2v) is 4.99. The van der Waals surface area contributed by atoms with Gasteiger partial charge in [-0.3, -0.25) is 10.3 Å². The first-order chi connectivity index (χ1) is 12.4. The van der Waals surface area contributed by atoms with Crippen molar-refractivity contribution in [2.45, 2.75) is 34.6 Å². The average molecular weight is 366 g/mol. The highest BCUT2D eigenvalue weighted by Gasteiger charge is 1.83. The minimum atomic E-state index is -0.406. The van der Waals surface area contributed by atoms with E-state index in [2.05, 4.69) is 55.0 Å². The molecule has 0 heterocycles. The summed E-state index contributed by atoms with van der Waals surface area (Å²) in [5.41, 5.74) is 8.71. The van der Waals surface area contributed by atoms with E-state index in [1.165, 1.54) is 23.5 Å². The third kappa shape index (κ3) is 24.0. The topological polar surface area (TPSA) is 70.6 Å². The molecule has 0 aliphatic heterocycles. The Morgan fingerprint density at radius 3 is 2.04 bits per heavy atom. The van der Waals surface area contributed by atoms with Crippen LogP contribution in [0.25, 0.3) is 0 Å². The highest BCUT2D eigenvalue weighted by molar-refractivity contribution is 5.50. The highest BCUT2D eigenvalue weighted by Crippen LogP contribution is 2.02. The van der Waals surface area contributed by atoms with E-state index in [9.17, 15) is 4.39 Å². The zero-order chi connectivity index (χ0) is 20.8. The molecule has 1 aromatic carbocycles. The third-order valence-electron chi connectivity index (χ3n) is 2.97. The predicted octanol–water partition coefficient (Wildman–Crippen LogP) is 4.44. The Kier molecular flexibility index (Phi) is 25.0. The van der Waals surface area contributed by atoms with Crippen LogP contribution in [0.2, 0.25) is 0 Å². The molecule has 0 fully saturated rings. The quantitative estimate of drug-likeness (QED) is 0.312. The van der Waals surface area contributed by atoms with Crippen LogP contribution < -0.4 is 11.1 Å². The minimum absolute atomic E-state index is 0.406. The number of nitrogens with two attached hydrogens (primary N) is 1. The van der Waals surface area contributed by atoms with Gasteiger partial charge in [-0.05, 0) is 51.4 Å². The smallest absolute Gasteiger partial charge is 0.116 e. The molecule has 0 aromatic heterocycles. The fraction of sp³-hybridized carbons (Fsp3) is 0.381. The molecule has 0 saturated carbocycles. The van der Waals surface area contributed by atoms with E-state index in [-0.39, 0.29) is 0 Å². The number of aliphatic imine (C=N–C) groups is 1. The number of aliphatic hydroxyl groups excluding tert-OH is 1. The van der Waals surface area contributed by atoms with Gasteiger partial charge in [-0.25, -0.2) is 4.39 Å². The lowest BCUT2D eigenvalue weighted by Crippen LogP contribution is -2.12. The Balaban J connectivity index is -0.000000293. The van der Waals surface area contributed by atoms with Gasteiger partial charge in [0.1, 0.15) is 5.83 Å². The molecular weight excluding hydrogens is 329 g/mol. The molecule has 0 bridgehead atoms. The van der Waals surface area contributed by atoms with E-state index in [1.54, 1.807) is 6.08 Å². The lowest BCUT2D eigenvalue weighted by Gasteiger charge is -1.93. The Labute approximate surface area is 159 Å². The third-order valence-corrected chi connectivity index (χ3v) is 2.97. The van der Waals surface area contributed by atoms with E-state index >= 15 is 0 Å². The number of rotatable bonds is 5. The van der Waals surface area contributed by atoms with Crippen LogP contribution in [-0.2, 0) is 0 Å². The van der Waals surface area contributed by atoms with Crippen LogP contribution in [-0.4, -0.2) is 31.8 Å². The van der Waals surface area contributed by atoms with E-state index in [1.807, 2.05) is 26.8 Å². The lowest BCUT2D eigenvalue weighted by atomic mass is 10.1. The van der Waals surface area contributed by atoms with E-state index in [0.717, 1.165) is 19.2 Å². The SMILES string of the molecule is C=C(F)/C=C\C(C)=C/C.CCNC/N=C\N.CO.Cc1ccccc1C. The van der Waals surface area contributed by atoms with Crippen molar-refractivity contribution in [1.82, 2.24) is 5.32 Å². The summed E-state index contributed by atoms with van der Waals surface area (Å²) in [7, 11) is 1.00. The normalized spacial score (nSPS) is 10.2. The van der Waals surface area contributed by atoms with Gasteiger partial charge in [0.25, 0.3) is 0 Å². The monoisotopic (exact) mass is 365 g/mol. The molecule has 1 aromatic rings. The first-order valence-corrected chi connectivity index (χ1v) is 8.42. The van der Waals surface area contributed by atoms with E-state index in [0.29, 0.717) is 6.67 Å². The Bertz CT molecular complexity index is 517. The maximum Gasteiger partial charge on any atom is 0.116 e. The summed E-state index contributed by atoms with van der Waals surface area (Å²) in [6.45, 7) is 14.7. The number of halogens is 1. The van der Waals surface area contributed by atoms with Crippen LogP contribution in [0.3, 0.4) is 0 Å². The van der Waals surface area contributed by atoms with Crippen molar-refractivity contribution in [2.75, 3.05) is 20.3 Å². The molecule has 0 radical (unpaired) electrons. The molecular formula is C21H36FN3O. The molecule has 0 aliphatic rings. The molecule has 0 amide bonds. The number of benzene rings is 1. The maximum absolute atomic E-state index is 11.9. The molecule has 0 saturated heterocycles. The standard InChI is InChI=1S/C8H11F.C8H10.C4H11N3.CH4O/c1-4-7(2)5-6-8(3)9;1-7-5-3-4-6-8(7)2;1-2-6-4-7-3-5;1-2/h4-6H,3H2,1-2H3;3-6H,1-2H3;3,6H,2,4H2,1H3,(H2,5,7);2H,1H3/b6-5-,7-4-;;;. The number of nitrogens with one attached hydrogen (secondary N) is 1. The molecule has 1 rings (SSSR count).